The van der Waals surface area contributed by atoms with Crippen LogP contribution in [0.3, 0.4) is 0 Å². The van der Waals surface area contributed by atoms with Crippen LogP contribution in [0.2, 0.25) is 0 Å². The summed E-state index contributed by atoms with van der Waals surface area (Å²) in [6.45, 7) is 0.416. The van der Waals surface area contributed by atoms with Gasteiger partial charge in [0.1, 0.15) is 11.9 Å². The van der Waals surface area contributed by atoms with E-state index in [1.807, 2.05) is 0 Å². The number of hydrogen-bond donors (Lipinski definition) is 1. The molecule has 0 bridgehead atoms. The molecule has 0 radical (unpaired) electrons. The van der Waals surface area contributed by atoms with Crippen LogP contribution < -0.4 is 10.9 Å². The number of aromatic nitrogens is 7. The van der Waals surface area contributed by atoms with Crippen LogP contribution in [0.15, 0.2) is 53.6 Å². The van der Waals surface area contributed by atoms with E-state index in [1.165, 1.54) is 22.9 Å². The van der Waals surface area contributed by atoms with Gasteiger partial charge < -0.3 is 10.1 Å². The normalized spacial score (nSPS) is 18.8. The first-order chi connectivity index (χ1) is 15.4. The Bertz CT molecular complexity index is 1320. The van der Waals surface area contributed by atoms with Gasteiger partial charge in [-0.05, 0) is 30.3 Å². The van der Waals surface area contributed by atoms with E-state index in [4.69, 9.17) is 4.74 Å². The molecule has 2 unspecified atom stereocenters. The third-order valence-electron chi connectivity index (χ3n) is 5.02. The number of nitrogens with zero attached hydrogens (tertiary/aromatic N) is 7. The van der Waals surface area contributed by atoms with Gasteiger partial charge >= 0.3 is 6.18 Å². The zero-order valence-electron chi connectivity index (χ0n) is 16.3. The van der Waals surface area contributed by atoms with Crippen molar-refractivity contribution in [3.8, 4) is 11.3 Å². The Labute approximate surface area is 177 Å². The number of ether oxygens (including phenoxy) is 1. The average molecular weight is 444 g/mol. The molecule has 1 aliphatic heterocycles. The maximum atomic E-state index is 13.1. The van der Waals surface area contributed by atoms with Crippen LogP contribution in [0.25, 0.3) is 16.9 Å². The summed E-state index contributed by atoms with van der Waals surface area (Å²) in [5, 5.41) is 18.1. The van der Waals surface area contributed by atoms with Crippen molar-refractivity contribution in [2.75, 3.05) is 18.5 Å². The zero-order valence-corrected chi connectivity index (χ0v) is 16.3. The molecule has 0 saturated carbocycles. The van der Waals surface area contributed by atoms with Gasteiger partial charge in [0.15, 0.2) is 5.65 Å². The van der Waals surface area contributed by atoms with Crippen LogP contribution in [-0.2, 0) is 10.9 Å². The lowest BCUT2D eigenvalue weighted by Crippen LogP contribution is -2.37. The minimum atomic E-state index is -4.70. The van der Waals surface area contributed by atoms with Crippen LogP contribution in [-0.4, -0.2) is 53.8 Å². The van der Waals surface area contributed by atoms with Gasteiger partial charge in [-0.2, -0.15) is 22.8 Å². The first-order valence-electron chi connectivity index (χ1n) is 9.54. The minimum Gasteiger partial charge on any atom is -0.377 e. The lowest BCUT2D eigenvalue weighted by Gasteiger charge is -2.21. The second-order valence-corrected chi connectivity index (χ2v) is 7.10. The summed E-state index contributed by atoms with van der Waals surface area (Å²) >= 11 is 0. The molecule has 0 amide bonds. The van der Waals surface area contributed by atoms with Gasteiger partial charge in [0.2, 0.25) is 0 Å². The Hall–Kier alpha value is -3.87. The molecule has 10 nitrogen and oxygen atoms in total. The Kier molecular flexibility index (Phi) is 4.81. The topological polar surface area (TPSA) is 112 Å². The van der Waals surface area contributed by atoms with E-state index in [0.29, 0.717) is 10.2 Å². The fourth-order valence-electron chi connectivity index (χ4n) is 3.49. The Balaban J connectivity index is 1.45. The van der Waals surface area contributed by atoms with Crippen LogP contribution in [0.5, 0.6) is 0 Å². The van der Waals surface area contributed by atoms with Crippen molar-refractivity contribution >= 4 is 11.5 Å². The van der Waals surface area contributed by atoms with E-state index < -0.39 is 24.1 Å². The largest absolute Gasteiger partial charge is 0.453 e. The summed E-state index contributed by atoms with van der Waals surface area (Å²) < 4.78 is 46.9. The van der Waals surface area contributed by atoms with Gasteiger partial charge in [-0.15, -0.1) is 15.3 Å². The highest BCUT2D eigenvalue weighted by Gasteiger charge is 2.38. The monoisotopic (exact) mass is 444 g/mol. The molecule has 5 rings (SSSR count). The first kappa shape index (κ1) is 20.1. The predicted molar refractivity (Wildman–Crippen MR) is 105 cm³/mol. The molecule has 2 atom stereocenters. The highest BCUT2D eigenvalue weighted by atomic mass is 19.4. The van der Waals surface area contributed by atoms with Crippen molar-refractivity contribution < 1.29 is 17.9 Å². The Morgan fingerprint density at radius 1 is 1.00 bits per heavy atom. The molecule has 13 heteroatoms. The van der Waals surface area contributed by atoms with Crippen molar-refractivity contribution in [3.63, 3.8) is 0 Å². The van der Waals surface area contributed by atoms with Gasteiger partial charge in [0, 0.05) is 24.0 Å². The molecule has 0 spiro atoms. The van der Waals surface area contributed by atoms with E-state index in [0.717, 1.165) is 5.56 Å². The number of fused-ring (bicyclic) bond motifs is 1. The van der Waals surface area contributed by atoms with Gasteiger partial charge in [-0.3, -0.25) is 9.78 Å². The predicted octanol–water partition coefficient (Wildman–Crippen LogP) is 1.81. The number of nitrogens with one attached hydrogen (secondary N) is 1. The SMILES string of the molecule is O=c1ccc(-c2ccncc2)nn1C1COCC1Nc1ccc2nnc(C(F)(F)F)n2n1. The summed E-state index contributed by atoms with van der Waals surface area (Å²) in [4.78, 5) is 16.5. The first-order valence-corrected chi connectivity index (χ1v) is 9.54. The van der Waals surface area contributed by atoms with Crippen LogP contribution in [0.1, 0.15) is 11.9 Å². The maximum Gasteiger partial charge on any atom is 0.453 e. The Morgan fingerprint density at radius 2 is 1.81 bits per heavy atom. The van der Waals surface area contributed by atoms with E-state index in [1.54, 1.807) is 30.6 Å². The number of rotatable bonds is 4. The molecule has 1 saturated heterocycles. The maximum absolute atomic E-state index is 13.1. The van der Waals surface area contributed by atoms with E-state index in [2.05, 4.69) is 30.7 Å². The number of anilines is 1. The molecule has 4 aromatic rings. The molecule has 32 heavy (non-hydrogen) atoms. The third kappa shape index (κ3) is 3.66. The van der Waals surface area contributed by atoms with E-state index in [-0.39, 0.29) is 30.2 Å². The number of hydrogen-bond acceptors (Lipinski definition) is 8. The van der Waals surface area contributed by atoms with E-state index in [9.17, 15) is 18.0 Å². The highest BCUT2D eigenvalue weighted by Crippen LogP contribution is 2.28. The summed E-state index contributed by atoms with van der Waals surface area (Å²) in [6.07, 6.45) is -1.45. The fourth-order valence-corrected chi connectivity index (χ4v) is 3.49. The standard InChI is InChI=1S/C19H15F3N8O2/c20-19(21,22)18-26-25-16-3-2-15(28-30(16)18)24-13-9-32-10-14(13)29-17(31)4-1-12(27-29)11-5-7-23-8-6-11/h1-8,13-14H,9-10H2,(H,24,28). The molecule has 1 aliphatic rings. The smallest absolute Gasteiger partial charge is 0.377 e. The third-order valence-corrected chi connectivity index (χ3v) is 5.02. The molecule has 4 aromatic heterocycles. The van der Waals surface area contributed by atoms with Gasteiger partial charge in [-0.25, -0.2) is 4.68 Å². The van der Waals surface area contributed by atoms with E-state index >= 15 is 0 Å². The summed E-state index contributed by atoms with van der Waals surface area (Å²) in [5.74, 6) is -1.07. The van der Waals surface area contributed by atoms with Crippen molar-refractivity contribution in [1.29, 1.82) is 0 Å². The molecule has 1 fully saturated rings. The molecule has 1 N–H and O–H groups in total. The molecule has 5 heterocycles. The van der Waals surface area contributed by atoms with Gasteiger partial charge in [0.05, 0.1) is 24.9 Å². The lowest BCUT2D eigenvalue weighted by atomic mass is 10.1. The number of alkyl halides is 3. The van der Waals surface area contributed by atoms with Gasteiger partial charge in [0.25, 0.3) is 11.4 Å². The molecule has 0 aromatic carbocycles. The number of pyridine rings is 1. The fraction of sp³-hybridized carbons (Fsp3) is 0.263. The summed E-state index contributed by atoms with van der Waals surface area (Å²) in [6, 6.07) is 8.48. The van der Waals surface area contributed by atoms with Gasteiger partial charge in [-0.1, -0.05) is 0 Å². The summed E-state index contributed by atoms with van der Waals surface area (Å²) in [5.41, 5.74) is 1.00. The van der Waals surface area contributed by atoms with Crippen LogP contribution >= 0.6 is 0 Å². The van der Waals surface area contributed by atoms with Crippen molar-refractivity contribution in [2.24, 2.45) is 0 Å². The van der Waals surface area contributed by atoms with Crippen molar-refractivity contribution in [2.45, 2.75) is 18.3 Å². The molecule has 164 valence electrons. The lowest BCUT2D eigenvalue weighted by molar-refractivity contribution is -0.146. The van der Waals surface area contributed by atoms with Crippen molar-refractivity contribution in [1.82, 2.24) is 34.6 Å². The molecular formula is C19H15F3N8O2. The van der Waals surface area contributed by atoms with Crippen LogP contribution in [0, 0.1) is 0 Å². The summed E-state index contributed by atoms with van der Waals surface area (Å²) in [7, 11) is 0. The van der Waals surface area contributed by atoms with Crippen molar-refractivity contribution in [3.05, 3.63) is 65.0 Å². The average Bonchev–Trinajstić information content (AvgIpc) is 3.41. The minimum absolute atomic E-state index is 0.0370. The second kappa shape index (κ2) is 7.67. The second-order valence-electron chi connectivity index (χ2n) is 7.10. The molecular weight excluding hydrogens is 429 g/mol. The number of halogens is 3. The zero-order chi connectivity index (χ0) is 22.3. The Morgan fingerprint density at radius 3 is 2.59 bits per heavy atom. The molecule has 0 aliphatic carbocycles. The quantitative estimate of drug-likeness (QED) is 0.507. The highest BCUT2D eigenvalue weighted by molar-refractivity contribution is 5.57. The van der Waals surface area contributed by atoms with Crippen LogP contribution in [0.4, 0.5) is 19.0 Å².